The van der Waals surface area contributed by atoms with Crippen LogP contribution >= 0.6 is 27.3 Å². The van der Waals surface area contributed by atoms with Crippen molar-refractivity contribution in [2.45, 2.75) is 26.8 Å². The first kappa shape index (κ1) is 15.1. The average Bonchev–Trinajstić information content (AvgIpc) is 2.68. The Labute approximate surface area is 129 Å². The maximum absolute atomic E-state index is 13.7. The van der Waals surface area contributed by atoms with E-state index >= 15 is 0 Å². The molecule has 1 unspecified atom stereocenters. The molecular weight excluding hydrogens is 343 g/mol. The number of halogens is 2. The lowest BCUT2D eigenvalue weighted by molar-refractivity contribution is 0.0936. The fraction of sp³-hybridized carbons (Fsp3) is 0.286. The van der Waals surface area contributed by atoms with Crippen LogP contribution in [0.1, 0.15) is 38.9 Å². The molecule has 0 aliphatic rings. The van der Waals surface area contributed by atoms with E-state index in [-0.39, 0.29) is 11.6 Å². The van der Waals surface area contributed by atoms with Crippen LogP contribution in [-0.4, -0.2) is 10.9 Å². The van der Waals surface area contributed by atoms with Crippen molar-refractivity contribution in [1.82, 2.24) is 10.3 Å². The van der Waals surface area contributed by atoms with E-state index in [0.29, 0.717) is 4.47 Å². The van der Waals surface area contributed by atoms with Crippen molar-refractivity contribution < 1.29 is 9.18 Å². The fourth-order valence-electron chi connectivity index (χ4n) is 1.96. The topological polar surface area (TPSA) is 42.0 Å². The van der Waals surface area contributed by atoms with Crippen molar-refractivity contribution in [3.8, 4) is 0 Å². The van der Waals surface area contributed by atoms with Crippen molar-refractivity contribution in [3.05, 3.63) is 49.6 Å². The van der Waals surface area contributed by atoms with Gasteiger partial charge < -0.3 is 5.32 Å². The quantitative estimate of drug-likeness (QED) is 0.897. The highest BCUT2D eigenvalue weighted by Gasteiger charge is 2.18. The average molecular weight is 357 g/mol. The minimum Gasteiger partial charge on any atom is -0.345 e. The van der Waals surface area contributed by atoms with Crippen LogP contribution in [0.15, 0.2) is 22.7 Å². The van der Waals surface area contributed by atoms with E-state index in [0.717, 1.165) is 15.6 Å². The normalized spacial score (nSPS) is 12.2. The summed E-state index contributed by atoms with van der Waals surface area (Å²) in [7, 11) is 0. The zero-order chi connectivity index (χ0) is 14.9. The molecule has 106 valence electrons. The van der Waals surface area contributed by atoms with Gasteiger partial charge in [0.15, 0.2) is 0 Å². The third-order valence-corrected chi connectivity index (χ3v) is 4.60. The number of carbonyl (C=O) groups is 1. The Bertz CT molecular complexity index is 657. The van der Waals surface area contributed by atoms with E-state index in [1.165, 1.54) is 23.5 Å². The number of amides is 1. The van der Waals surface area contributed by atoms with Crippen LogP contribution in [0.4, 0.5) is 4.39 Å². The van der Waals surface area contributed by atoms with Gasteiger partial charge in [-0.2, -0.15) is 0 Å². The van der Waals surface area contributed by atoms with Crippen molar-refractivity contribution in [2.24, 2.45) is 0 Å². The summed E-state index contributed by atoms with van der Waals surface area (Å²) in [5.41, 5.74) is 0.940. The number of rotatable bonds is 3. The Morgan fingerprint density at radius 2 is 2.15 bits per heavy atom. The van der Waals surface area contributed by atoms with Crippen LogP contribution in [0.2, 0.25) is 0 Å². The largest absolute Gasteiger partial charge is 0.345 e. The van der Waals surface area contributed by atoms with Gasteiger partial charge in [-0.3, -0.25) is 4.79 Å². The third-order valence-electron chi connectivity index (χ3n) is 2.86. The number of aromatic nitrogens is 1. The molecule has 0 bridgehead atoms. The molecule has 2 aromatic rings. The summed E-state index contributed by atoms with van der Waals surface area (Å²) in [6.07, 6.45) is 0. The Balaban J connectivity index is 2.17. The second kappa shape index (κ2) is 6.01. The molecule has 0 aliphatic heterocycles. The molecule has 1 heterocycles. The minimum atomic E-state index is -0.540. The molecule has 0 radical (unpaired) electrons. The number of aryl methyl sites for hydroxylation is 2. The summed E-state index contributed by atoms with van der Waals surface area (Å²) in [5.74, 6) is -0.964. The van der Waals surface area contributed by atoms with Crippen LogP contribution in [0.5, 0.6) is 0 Å². The van der Waals surface area contributed by atoms with Crippen LogP contribution in [0, 0.1) is 19.7 Å². The third kappa shape index (κ3) is 3.24. The number of nitrogens with zero attached hydrogens (tertiary/aromatic N) is 1. The van der Waals surface area contributed by atoms with Gasteiger partial charge in [-0.1, -0.05) is 15.9 Å². The summed E-state index contributed by atoms with van der Waals surface area (Å²) >= 11 is 4.71. The molecule has 0 aliphatic carbocycles. The van der Waals surface area contributed by atoms with Gasteiger partial charge in [-0.25, -0.2) is 9.37 Å². The SMILES string of the molecule is Cc1nc(C)c(C(C)NC(=O)c2ccc(Br)cc2F)s1. The van der Waals surface area contributed by atoms with Crippen molar-refractivity contribution >= 4 is 33.2 Å². The lowest BCUT2D eigenvalue weighted by Crippen LogP contribution is -2.27. The second-order valence-electron chi connectivity index (χ2n) is 4.50. The molecule has 2 rings (SSSR count). The monoisotopic (exact) mass is 356 g/mol. The van der Waals surface area contributed by atoms with E-state index in [2.05, 4.69) is 26.2 Å². The van der Waals surface area contributed by atoms with Crippen LogP contribution < -0.4 is 5.32 Å². The molecule has 0 saturated heterocycles. The number of nitrogens with one attached hydrogen (secondary N) is 1. The van der Waals surface area contributed by atoms with Gasteiger partial charge in [0.2, 0.25) is 0 Å². The first-order valence-electron chi connectivity index (χ1n) is 6.08. The predicted octanol–water partition coefficient (Wildman–Crippen LogP) is 4.15. The Morgan fingerprint density at radius 1 is 1.45 bits per heavy atom. The van der Waals surface area contributed by atoms with Gasteiger partial charge in [0.05, 0.1) is 22.3 Å². The Hall–Kier alpha value is -1.27. The van der Waals surface area contributed by atoms with Gasteiger partial charge in [0.25, 0.3) is 5.91 Å². The van der Waals surface area contributed by atoms with Crippen molar-refractivity contribution in [2.75, 3.05) is 0 Å². The molecule has 1 N–H and O–H groups in total. The molecule has 0 spiro atoms. The lowest BCUT2D eigenvalue weighted by atomic mass is 10.1. The van der Waals surface area contributed by atoms with E-state index in [4.69, 9.17) is 0 Å². The van der Waals surface area contributed by atoms with Crippen LogP contribution in [0.3, 0.4) is 0 Å². The molecule has 0 saturated carbocycles. The summed E-state index contributed by atoms with van der Waals surface area (Å²) < 4.78 is 14.3. The minimum absolute atomic E-state index is 0.0407. The van der Waals surface area contributed by atoms with Crippen LogP contribution in [-0.2, 0) is 0 Å². The highest BCUT2D eigenvalue weighted by molar-refractivity contribution is 9.10. The Morgan fingerprint density at radius 3 is 2.70 bits per heavy atom. The number of benzene rings is 1. The highest BCUT2D eigenvalue weighted by atomic mass is 79.9. The zero-order valence-corrected chi connectivity index (χ0v) is 13.7. The second-order valence-corrected chi connectivity index (χ2v) is 6.65. The predicted molar refractivity (Wildman–Crippen MR) is 81.6 cm³/mol. The molecule has 3 nitrogen and oxygen atoms in total. The molecule has 1 aromatic heterocycles. The maximum Gasteiger partial charge on any atom is 0.254 e. The number of hydrogen-bond acceptors (Lipinski definition) is 3. The van der Waals surface area contributed by atoms with Crippen molar-refractivity contribution in [1.29, 1.82) is 0 Å². The summed E-state index contributed by atoms with van der Waals surface area (Å²) in [4.78, 5) is 17.4. The maximum atomic E-state index is 13.7. The Kier molecular flexibility index (Phi) is 4.55. The standard InChI is InChI=1S/C14H14BrFN2OS/c1-7-13(20-9(3)17-7)8(2)18-14(19)11-5-4-10(15)6-12(11)16/h4-6,8H,1-3H3,(H,18,19). The van der Waals surface area contributed by atoms with E-state index in [1.54, 1.807) is 6.07 Å². The summed E-state index contributed by atoms with van der Waals surface area (Å²) in [6, 6.07) is 4.19. The van der Waals surface area contributed by atoms with Gasteiger partial charge >= 0.3 is 0 Å². The smallest absolute Gasteiger partial charge is 0.254 e. The number of hydrogen-bond donors (Lipinski definition) is 1. The van der Waals surface area contributed by atoms with Crippen molar-refractivity contribution in [3.63, 3.8) is 0 Å². The van der Waals surface area contributed by atoms with Gasteiger partial charge in [-0.15, -0.1) is 11.3 Å². The fourth-order valence-corrected chi connectivity index (χ4v) is 3.23. The first-order chi connectivity index (χ1) is 9.38. The summed E-state index contributed by atoms with van der Waals surface area (Å²) in [5, 5.41) is 3.76. The zero-order valence-electron chi connectivity index (χ0n) is 11.3. The van der Waals surface area contributed by atoms with E-state index < -0.39 is 11.7 Å². The number of thiazole rings is 1. The van der Waals surface area contributed by atoms with Gasteiger partial charge in [0, 0.05) is 9.35 Å². The molecule has 6 heteroatoms. The summed E-state index contributed by atoms with van der Waals surface area (Å²) in [6.45, 7) is 5.69. The van der Waals surface area contributed by atoms with E-state index in [1.807, 2.05) is 20.8 Å². The first-order valence-corrected chi connectivity index (χ1v) is 7.69. The highest BCUT2D eigenvalue weighted by Crippen LogP contribution is 2.25. The molecular formula is C14H14BrFN2OS. The molecule has 1 amide bonds. The lowest BCUT2D eigenvalue weighted by Gasteiger charge is -2.13. The molecule has 20 heavy (non-hydrogen) atoms. The van der Waals surface area contributed by atoms with Crippen LogP contribution in [0.25, 0.3) is 0 Å². The molecule has 1 atom stereocenters. The van der Waals surface area contributed by atoms with E-state index in [9.17, 15) is 9.18 Å². The molecule has 1 aromatic carbocycles. The van der Waals surface area contributed by atoms with Gasteiger partial charge in [-0.05, 0) is 39.0 Å². The molecule has 0 fully saturated rings. The van der Waals surface area contributed by atoms with Gasteiger partial charge in [0.1, 0.15) is 5.82 Å². The number of carbonyl (C=O) groups excluding carboxylic acids is 1.